The van der Waals surface area contributed by atoms with E-state index >= 15 is 0 Å². The van der Waals surface area contributed by atoms with Gasteiger partial charge in [0, 0.05) is 0 Å². The summed E-state index contributed by atoms with van der Waals surface area (Å²) in [6.45, 7) is 2.05. The molecule has 1 aromatic carbocycles. The van der Waals surface area contributed by atoms with Crippen LogP contribution in [0.3, 0.4) is 0 Å². The van der Waals surface area contributed by atoms with Crippen LogP contribution in [-0.2, 0) is 0 Å². The van der Waals surface area contributed by atoms with Gasteiger partial charge in [-0.2, -0.15) is 5.10 Å². The first kappa shape index (κ1) is 11.9. The number of carbonyl (C=O) groups is 1. The molecule has 17 heavy (non-hydrogen) atoms. The van der Waals surface area contributed by atoms with E-state index in [1.165, 1.54) is 5.57 Å². The van der Waals surface area contributed by atoms with Gasteiger partial charge in [-0.3, -0.25) is 4.79 Å². The van der Waals surface area contributed by atoms with Crippen molar-refractivity contribution < 1.29 is 4.79 Å². The lowest BCUT2D eigenvalue weighted by Crippen LogP contribution is -2.19. The summed E-state index contributed by atoms with van der Waals surface area (Å²) in [7, 11) is 0. The molecular formula is C13H13ClN2O. The topological polar surface area (TPSA) is 41.5 Å². The number of allylic oxidation sites excluding steroid dienone is 2. The number of hydrogen-bond donors (Lipinski definition) is 1. The van der Waals surface area contributed by atoms with E-state index in [9.17, 15) is 4.79 Å². The summed E-state index contributed by atoms with van der Waals surface area (Å²) in [5.74, 6) is -0.277. The zero-order valence-corrected chi connectivity index (χ0v) is 10.3. The molecule has 0 bridgehead atoms. The minimum Gasteiger partial charge on any atom is -0.267 e. The van der Waals surface area contributed by atoms with Crippen LogP contribution in [0.15, 0.2) is 41.0 Å². The lowest BCUT2D eigenvalue weighted by atomic mass is 10.2. The van der Waals surface area contributed by atoms with Crippen LogP contribution in [0.1, 0.15) is 30.1 Å². The second-order valence-electron chi connectivity index (χ2n) is 4.01. The summed E-state index contributed by atoms with van der Waals surface area (Å²) >= 11 is 5.92. The Morgan fingerprint density at radius 3 is 2.76 bits per heavy atom. The molecule has 4 heteroatoms. The SMILES string of the molecule is CC1=C/C(=N\NC(=O)c2ccccc2Cl)CC1. The van der Waals surface area contributed by atoms with Crippen LogP contribution >= 0.6 is 11.6 Å². The molecule has 0 saturated heterocycles. The molecule has 1 aromatic rings. The second kappa shape index (κ2) is 5.15. The Kier molecular flexibility index (Phi) is 3.59. The van der Waals surface area contributed by atoms with E-state index in [1.807, 2.05) is 6.08 Å². The van der Waals surface area contributed by atoms with Gasteiger partial charge >= 0.3 is 0 Å². The van der Waals surface area contributed by atoms with E-state index in [2.05, 4.69) is 17.5 Å². The molecule has 0 heterocycles. The number of carbonyl (C=O) groups excluding carboxylic acids is 1. The third-order valence-corrected chi connectivity index (χ3v) is 2.94. The standard InChI is InChI=1S/C13H13ClN2O/c1-9-6-7-10(8-9)15-16-13(17)11-4-2-3-5-12(11)14/h2-5,8H,6-7H2,1H3,(H,16,17)/b15-10-. The van der Waals surface area contributed by atoms with Crippen molar-refractivity contribution >= 4 is 23.2 Å². The predicted molar refractivity (Wildman–Crippen MR) is 69.3 cm³/mol. The first-order valence-electron chi connectivity index (χ1n) is 5.45. The molecule has 3 nitrogen and oxygen atoms in total. The fourth-order valence-electron chi connectivity index (χ4n) is 1.67. The Morgan fingerprint density at radius 1 is 1.35 bits per heavy atom. The van der Waals surface area contributed by atoms with Crippen LogP contribution in [0.5, 0.6) is 0 Å². The molecule has 0 fully saturated rings. The molecule has 0 aromatic heterocycles. The molecule has 1 N–H and O–H groups in total. The molecular weight excluding hydrogens is 236 g/mol. The van der Waals surface area contributed by atoms with E-state index < -0.39 is 0 Å². The molecule has 2 rings (SSSR count). The zero-order valence-electron chi connectivity index (χ0n) is 9.53. The summed E-state index contributed by atoms with van der Waals surface area (Å²) in [6, 6.07) is 6.92. The van der Waals surface area contributed by atoms with E-state index in [0.29, 0.717) is 10.6 Å². The second-order valence-corrected chi connectivity index (χ2v) is 4.42. The predicted octanol–water partition coefficient (Wildman–Crippen LogP) is 3.17. The average Bonchev–Trinajstić information content (AvgIpc) is 2.73. The third-order valence-electron chi connectivity index (χ3n) is 2.61. The maximum atomic E-state index is 11.8. The molecule has 0 atom stereocenters. The smallest absolute Gasteiger partial charge is 0.267 e. The number of amides is 1. The van der Waals surface area contributed by atoms with E-state index in [0.717, 1.165) is 18.6 Å². The largest absolute Gasteiger partial charge is 0.272 e. The van der Waals surface area contributed by atoms with Crippen LogP contribution in [-0.4, -0.2) is 11.6 Å². The van der Waals surface area contributed by atoms with Crippen molar-refractivity contribution in [2.75, 3.05) is 0 Å². The molecule has 0 aliphatic heterocycles. The molecule has 0 saturated carbocycles. The lowest BCUT2D eigenvalue weighted by molar-refractivity contribution is 0.0955. The van der Waals surface area contributed by atoms with Crippen LogP contribution in [0.2, 0.25) is 5.02 Å². The van der Waals surface area contributed by atoms with Crippen LogP contribution in [0.25, 0.3) is 0 Å². The first-order chi connectivity index (χ1) is 8.16. The number of nitrogens with zero attached hydrogens (tertiary/aromatic N) is 1. The Labute approximate surface area is 105 Å². The molecule has 0 unspecified atom stereocenters. The Balaban J connectivity index is 2.06. The molecule has 0 radical (unpaired) electrons. The quantitative estimate of drug-likeness (QED) is 0.803. The average molecular weight is 249 g/mol. The van der Waals surface area contributed by atoms with Gasteiger partial charge in [0.15, 0.2) is 0 Å². The first-order valence-corrected chi connectivity index (χ1v) is 5.83. The van der Waals surface area contributed by atoms with Gasteiger partial charge in [0.2, 0.25) is 0 Å². The maximum absolute atomic E-state index is 11.8. The van der Waals surface area contributed by atoms with Gasteiger partial charge in [-0.1, -0.05) is 29.3 Å². The number of halogens is 1. The van der Waals surface area contributed by atoms with E-state index in [1.54, 1.807) is 24.3 Å². The molecule has 88 valence electrons. The van der Waals surface area contributed by atoms with Crippen molar-refractivity contribution in [3.05, 3.63) is 46.5 Å². The highest BCUT2D eigenvalue weighted by Crippen LogP contribution is 2.16. The fourth-order valence-corrected chi connectivity index (χ4v) is 1.89. The number of benzene rings is 1. The van der Waals surface area contributed by atoms with Gasteiger partial charge in [0.1, 0.15) is 0 Å². The molecule has 1 aliphatic rings. The van der Waals surface area contributed by atoms with Gasteiger partial charge < -0.3 is 0 Å². The van der Waals surface area contributed by atoms with Crippen molar-refractivity contribution in [1.82, 2.24) is 5.43 Å². The molecule has 1 aliphatic carbocycles. The zero-order chi connectivity index (χ0) is 12.3. The number of hydrazone groups is 1. The normalized spacial score (nSPS) is 17.1. The molecule has 0 spiro atoms. The highest BCUT2D eigenvalue weighted by atomic mass is 35.5. The van der Waals surface area contributed by atoms with Crippen molar-refractivity contribution in [2.45, 2.75) is 19.8 Å². The Hall–Kier alpha value is -1.61. The minimum absolute atomic E-state index is 0.277. The summed E-state index contributed by atoms with van der Waals surface area (Å²) < 4.78 is 0. The van der Waals surface area contributed by atoms with Gasteiger partial charge in [-0.15, -0.1) is 0 Å². The monoisotopic (exact) mass is 248 g/mol. The van der Waals surface area contributed by atoms with Gasteiger partial charge in [0.05, 0.1) is 16.3 Å². The van der Waals surface area contributed by atoms with Crippen molar-refractivity contribution in [2.24, 2.45) is 5.10 Å². The summed E-state index contributed by atoms with van der Waals surface area (Å²) in [6.07, 6.45) is 3.89. The number of rotatable bonds is 2. The Morgan fingerprint density at radius 2 is 2.12 bits per heavy atom. The third kappa shape index (κ3) is 2.94. The van der Waals surface area contributed by atoms with Crippen molar-refractivity contribution in [3.63, 3.8) is 0 Å². The number of nitrogens with one attached hydrogen (secondary N) is 1. The van der Waals surface area contributed by atoms with Gasteiger partial charge in [0.25, 0.3) is 5.91 Å². The van der Waals surface area contributed by atoms with Crippen molar-refractivity contribution in [3.8, 4) is 0 Å². The molecule has 1 amide bonds. The number of hydrogen-bond acceptors (Lipinski definition) is 2. The lowest BCUT2D eigenvalue weighted by Gasteiger charge is -2.02. The maximum Gasteiger partial charge on any atom is 0.272 e. The van der Waals surface area contributed by atoms with Crippen molar-refractivity contribution in [1.29, 1.82) is 0 Å². The minimum atomic E-state index is -0.277. The fraction of sp³-hybridized carbons (Fsp3) is 0.231. The van der Waals surface area contributed by atoms with Crippen LogP contribution < -0.4 is 5.43 Å². The summed E-state index contributed by atoms with van der Waals surface area (Å²) in [5.41, 5.74) is 5.16. The highest BCUT2D eigenvalue weighted by molar-refractivity contribution is 6.33. The van der Waals surface area contributed by atoms with E-state index in [-0.39, 0.29) is 5.91 Å². The van der Waals surface area contributed by atoms with Gasteiger partial charge in [-0.05, 0) is 38.0 Å². The summed E-state index contributed by atoms with van der Waals surface area (Å²) in [5, 5.41) is 4.51. The Bertz CT molecular complexity index is 506. The van der Waals surface area contributed by atoms with Gasteiger partial charge in [-0.25, -0.2) is 5.43 Å². The van der Waals surface area contributed by atoms with Crippen LogP contribution in [0, 0.1) is 0 Å². The highest BCUT2D eigenvalue weighted by Gasteiger charge is 2.10. The van der Waals surface area contributed by atoms with Crippen LogP contribution in [0.4, 0.5) is 0 Å². The van der Waals surface area contributed by atoms with E-state index in [4.69, 9.17) is 11.6 Å². The summed E-state index contributed by atoms with van der Waals surface area (Å²) in [4.78, 5) is 11.8.